The molecule has 4 rings (SSSR count). The molecule has 160 valence electrons. The molecule has 0 N–H and O–H groups in total. The molecule has 1 aliphatic rings. The summed E-state index contributed by atoms with van der Waals surface area (Å²) in [7, 11) is -3.52. The maximum absolute atomic E-state index is 15.0. The number of hydrogen-bond acceptors (Lipinski definition) is 3. The zero-order chi connectivity index (χ0) is 22.0. The summed E-state index contributed by atoms with van der Waals surface area (Å²) in [5, 5.41) is 12.1. The molecule has 8 heteroatoms. The van der Waals surface area contributed by atoms with Gasteiger partial charge in [0, 0.05) is 34.4 Å². The monoisotopic (exact) mass is 455 g/mol. The van der Waals surface area contributed by atoms with Crippen LogP contribution in [0, 0.1) is 17.0 Å². The van der Waals surface area contributed by atoms with Crippen molar-refractivity contribution in [3.05, 3.63) is 105 Å². The van der Waals surface area contributed by atoms with E-state index in [2.05, 4.69) is 0 Å². The van der Waals surface area contributed by atoms with E-state index in [1.807, 2.05) is 83.0 Å². The van der Waals surface area contributed by atoms with Crippen LogP contribution in [0.5, 0.6) is 0 Å². The average Bonchev–Trinajstić information content (AvgIpc) is 3.11. The number of nitrogens with zero attached hydrogens (tertiary/aromatic N) is 3. The SMILES string of the molecule is Cc1ccc(C(C[N+](=O)[O-])P2(=O)N(c3ccccc3)CCN2c2ccccc2)c(Cl)c1. The lowest BCUT2D eigenvalue weighted by Gasteiger charge is -2.37. The predicted octanol–water partition coefficient (Wildman–Crippen LogP) is 6.19. The van der Waals surface area contributed by atoms with Crippen molar-refractivity contribution >= 4 is 30.4 Å². The normalized spacial score (nSPS) is 16.3. The fourth-order valence-corrected chi connectivity index (χ4v) is 8.15. The molecule has 0 bridgehead atoms. The molecule has 0 radical (unpaired) electrons. The van der Waals surface area contributed by atoms with Gasteiger partial charge in [-0.1, -0.05) is 60.1 Å². The highest BCUT2D eigenvalue weighted by atomic mass is 35.5. The van der Waals surface area contributed by atoms with E-state index < -0.39 is 24.6 Å². The Labute approximate surface area is 186 Å². The first-order chi connectivity index (χ1) is 14.9. The Morgan fingerprint density at radius 2 is 1.48 bits per heavy atom. The zero-order valence-electron chi connectivity index (χ0n) is 17.1. The number of para-hydroxylation sites is 2. The molecule has 0 aromatic heterocycles. The first-order valence-electron chi connectivity index (χ1n) is 10.0. The van der Waals surface area contributed by atoms with E-state index in [-0.39, 0.29) is 0 Å². The number of nitro groups is 1. The first kappa shape index (κ1) is 21.4. The van der Waals surface area contributed by atoms with Crippen LogP contribution in [0.3, 0.4) is 0 Å². The standard InChI is InChI=1S/C23H23ClN3O3P/c1-18-12-13-21(22(24)16-18)23(17-27(28)29)31(30)25(19-8-4-2-5-9-19)14-15-26(31)20-10-6-3-7-11-20/h2-13,16,23H,14-15,17H2,1H3. The quantitative estimate of drug-likeness (QED) is 0.252. The van der Waals surface area contributed by atoms with Gasteiger partial charge in [0.25, 0.3) is 7.44 Å². The number of hydrogen-bond donors (Lipinski definition) is 0. The van der Waals surface area contributed by atoms with Gasteiger partial charge in [-0.25, -0.2) is 0 Å². The average molecular weight is 456 g/mol. The Morgan fingerprint density at radius 1 is 0.968 bits per heavy atom. The van der Waals surface area contributed by atoms with Crippen molar-refractivity contribution < 1.29 is 9.49 Å². The van der Waals surface area contributed by atoms with Crippen LogP contribution >= 0.6 is 19.0 Å². The molecule has 0 aliphatic carbocycles. The van der Waals surface area contributed by atoms with Crippen LogP contribution in [-0.4, -0.2) is 24.6 Å². The van der Waals surface area contributed by atoms with Crippen molar-refractivity contribution in [2.24, 2.45) is 0 Å². The van der Waals surface area contributed by atoms with Crippen molar-refractivity contribution in [2.75, 3.05) is 29.0 Å². The third-order valence-electron chi connectivity index (χ3n) is 5.57. The maximum atomic E-state index is 15.0. The van der Waals surface area contributed by atoms with Gasteiger partial charge >= 0.3 is 0 Å². The zero-order valence-corrected chi connectivity index (χ0v) is 18.7. The van der Waals surface area contributed by atoms with E-state index in [0.29, 0.717) is 23.7 Å². The lowest BCUT2D eigenvalue weighted by molar-refractivity contribution is -0.480. The number of halogens is 1. The molecule has 6 nitrogen and oxygen atoms in total. The van der Waals surface area contributed by atoms with E-state index >= 15 is 4.57 Å². The second-order valence-electron chi connectivity index (χ2n) is 7.56. The van der Waals surface area contributed by atoms with Gasteiger partial charge < -0.3 is 9.34 Å². The van der Waals surface area contributed by atoms with Crippen molar-refractivity contribution in [3.63, 3.8) is 0 Å². The van der Waals surface area contributed by atoms with Crippen LogP contribution in [0.1, 0.15) is 16.8 Å². The third-order valence-corrected chi connectivity index (χ3v) is 9.39. The molecule has 1 atom stereocenters. The Bertz CT molecular complexity index is 1080. The second-order valence-corrected chi connectivity index (χ2v) is 10.7. The molecule has 0 saturated carbocycles. The summed E-state index contributed by atoms with van der Waals surface area (Å²) in [5.41, 5.74) is 2.15. The van der Waals surface area contributed by atoms with Crippen molar-refractivity contribution in [1.29, 1.82) is 0 Å². The van der Waals surface area contributed by atoms with Gasteiger partial charge in [-0.2, -0.15) is 0 Å². The maximum Gasteiger partial charge on any atom is 0.277 e. The molecule has 3 aromatic rings. The second kappa shape index (κ2) is 8.74. The Hall–Kier alpha value is -2.82. The summed E-state index contributed by atoms with van der Waals surface area (Å²) < 4.78 is 18.7. The molecular formula is C23H23ClN3O3P. The van der Waals surface area contributed by atoms with Gasteiger partial charge in [0.05, 0.1) is 0 Å². The molecule has 1 aliphatic heterocycles. The van der Waals surface area contributed by atoms with Crippen LogP contribution in [0.15, 0.2) is 78.9 Å². The third kappa shape index (κ3) is 4.06. The molecule has 0 amide bonds. The molecule has 1 saturated heterocycles. The van der Waals surface area contributed by atoms with Gasteiger partial charge in [0.15, 0.2) is 0 Å². The van der Waals surface area contributed by atoms with Gasteiger partial charge in [-0.05, 0) is 48.4 Å². The number of anilines is 2. The Kier molecular flexibility index (Phi) is 6.03. The molecule has 1 unspecified atom stereocenters. The van der Waals surface area contributed by atoms with Gasteiger partial charge in [-0.3, -0.25) is 14.7 Å². The van der Waals surface area contributed by atoms with Crippen LogP contribution in [0.25, 0.3) is 0 Å². The molecule has 0 spiro atoms. The lowest BCUT2D eigenvalue weighted by Crippen LogP contribution is -2.27. The van der Waals surface area contributed by atoms with Crippen LogP contribution in [-0.2, 0) is 4.57 Å². The fraction of sp³-hybridized carbons (Fsp3) is 0.217. The summed E-state index contributed by atoms with van der Waals surface area (Å²) in [4.78, 5) is 11.4. The van der Waals surface area contributed by atoms with Crippen LogP contribution in [0.2, 0.25) is 5.02 Å². The minimum absolute atomic E-state index is 0.398. The fourth-order valence-electron chi connectivity index (χ4n) is 4.16. The largest absolute Gasteiger partial charge is 0.304 e. The van der Waals surface area contributed by atoms with Crippen LogP contribution < -0.4 is 9.34 Å². The smallest absolute Gasteiger partial charge is 0.277 e. The summed E-state index contributed by atoms with van der Waals surface area (Å²) in [6, 6.07) is 24.3. The van der Waals surface area contributed by atoms with Crippen molar-refractivity contribution in [3.8, 4) is 0 Å². The summed E-state index contributed by atoms with van der Waals surface area (Å²) in [5.74, 6) is 0. The molecule has 31 heavy (non-hydrogen) atoms. The highest BCUT2D eigenvalue weighted by molar-refractivity contribution is 7.68. The summed E-state index contributed by atoms with van der Waals surface area (Å²) >= 11 is 6.55. The van der Waals surface area contributed by atoms with E-state index in [0.717, 1.165) is 16.9 Å². The number of rotatable bonds is 6. The molecule has 1 fully saturated rings. The van der Waals surface area contributed by atoms with E-state index in [1.165, 1.54) is 0 Å². The number of aryl methyl sites for hydroxylation is 1. The van der Waals surface area contributed by atoms with Crippen LogP contribution in [0.4, 0.5) is 11.4 Å². The molecule has 3 aromatic carbocycles. The van der Waals surface area contributed by atoms with Crippen molar-refractivity contribution in [1.82, 2.24) is 0 Å². The Morgan fingerprint density at radius 3 is 1.94 bits per heavy atom. The highest BCUT2D eigenvalue weighted by Gasteiger charge is 2.52. The first-order valence-corrected chi connectivity index (χ1v) is 12.1. The minimum atomic E-state index is -3.52. The van der Waals surface area contributed by atoms with Gasteiger partial charge in [0.2, 0.25) is 6.54 Å². The number of benzene rings is 3. The highest BCUT2D eigenvalue weighted by Crippen LogP contribution is 2.69. The lowest BCUT2D eigenvalue weighted by atomic mass is 10.1. The molecular weight excluding hydrogens is 433 g/mol. The predicted molar refractivity (Wildman–Crippen MR) is 126 cm³/mol. The van der Waals surface area contributed by atoms with E-state index in [9.17, 15) is 10.1 Å². The minimum Gasteiger partial charge on any atom is -0.304 e. The summed E-state index contributed by atoms with van der Waals surface area (Å²) in [6.07, 6.45) is 0. The van der Waals surface area contributed by atoms with Gasteiger partial charge in [-0.15, -0.1) is 0 Å². The Balaban J connectivity index is 1.92. The van der Waals surface area contributed by atoms with Crippen molar-refractivity contribution in [2.45, 2.75) is 12.6 Å². The molecule has 1 heterocycles. The topological polar surface area (TPSA) is 66.7 Å². The van der Waals surface area contributed by atoms with E-state index in [1.54, 1.807) is 12.1 Å². The van der Waals surface area contributed by atoms with Gasteiger partial charge in [0.1, 0.15) is 5.66 Å². The summed E-state index contributed by atoms with van der Waals surface area (Å²) in [6.45, 7) is 2.41. The van der Waals surface area contributed by atoms with E-state index in [4.69, 9.17) is 11.6 Å².